The van der Waals surface area contributed by atoms with Crippen LogP contribution in [0.15, 0.2) is 48.5 Å². The van der Waals surface area contributed by atoms with Crippen LogP contribution in [0.3, 0.4) is 0 Å². The number of carboxylic acids is 1. The predicted octanol–water partition coefficient (Wildman–Crippen LogP) is 4.70. The summed E-state index contributed by atoms with van der Waals surface area (Å²) in [4.78, 5) is 37.0. The standard InChI is InChI=1S/C28H34N2O5/c1-2-3-15-25(26(31)29-16-18-9-8-14-19(18)27(32)33)30-28(34)35-17-24-22-12-6-4-10-20(22)21-11-5-7-13-23(21)24/h4-7,10-13,18-19,24-25H,2-3,8-9,14-17H2,1H3,(H,29,31)(H,30,34)(H,32,33)/t18-,19-,25-/m0/s1. The van der Waals surface area contributed by atoms with Crippen LogP contribution >= 0.6 is 0 Å². The van der Waals surface area contributed by atoms with Gasteiger partial charge >= 0.3 is 12.1 Å². The molecule has 2 aromatic carbocycles. The molecule has 0 aromatic heterocycles. The van der Waals surface area contributed by atoms with Crippen molar-refractivity contribution in [3.8, 4) is 11.1 Å². The van der Waals surface area contributed by atoms with Crippen molar-refractivity contribution in [2.24, 2.45) is 11.8 Å². The van der Waals surface area contributed by atoms with Crippen LogP contribution in [0, 0.1) is 11.8 Å². The van der Waals surface area contributed by atoms with Crippen LogP contribution in [0.5, 0.6) is 0 Å². The Morgan fingerprint density at radius 1 is 1.03 bits per heavy atom. The average molecular weight is 479 g/mol. The van der Waals surface area contributed by atoms with Crippen molar-refractivity contribution in [3.63, 3.8) is 0 Å². The summed E-state index contributed by atoms with van der Waals surface area (Å²) >= 11 is 0. The minimum Gasteiger partial charge on any atom is -0.481 e. The highest BCUT2D eigenvalue weighted by Crippen LogP contribution is 2.44. The van der Waals surface area contributed by atoms with Crippen LogP contribution in [0.2, 0.25) is 0 Å². The molecule has 2 aromatic rings. The van der Waals surface area contributed by atoms with Crippen LogP contribution < -0.4 is 10.6 Å². The number of nitrogens with one attached hydrogen (secondary N) is 2. The fraction of sp³-hybridized carbons (Fsp3) is 0.464. The highest BCUT2D eigenvalue weighted by molar-refractivity contribution is 5.86. The van der Waals surface area contributed by atoms with E-state index in [4.69, 9.17) is 4.74 Å². The SMILES string of the molecule is CCCC[C@H](NC(=O)OCC1c2ccccc2-c2ccccc21)C(=O)NC[C@@H]1CCC[C@@H]1C(=O)O. The lowest BCUT2D eigenvalue weighted by atomic mass is 9.96. The second-order valence-electron chi connectivity index (χ2n) is 9.55. The van der Waals surface area contributed by atoms with Crippen molar-refractivity contribution in [2.75, 3.05) is 13.2 Å². The Bertz CT molecular complexity index is 1020. The van der Waals surface area contributed by atoms with Gasteiger partial charge in [0.1, 0.15) is 12.6 Å². The molecule has 1 fully saturated rings. The molecule has 1 saturated carbocycles. The number of carbonyl (C=O) groups is 3. The van der Waals surface area contributed by atoms with E-state index in [1.165, 1.54) is 0 Å². The van der Waals surface area contributed by atoms with Crippen molar-refractivity contribution in [3.05, 3.63) is 59.7 Å². The van der Waals surface area contributed by atoms with E-state index in [2.05, 4.69) is 34.9 Å². The molecule has 0 radical (unpaired) electrons. The zero-order chi connectivity index (χ0) is 24.8. The molecule has 2 aliphatic rings. The molecule has 7 heteroatoms. The zero-order valence-electron chi connectivity index (χ0n) is 20.2. The lowest BCUT2D eigenvalue weighted by molar-refractivity contribution is -0.143. The van der Waals surface area contributed by atoms with E-state index in [0.717, 1.165) is 47.9 Å². The van der Waals surface area contributed by atoms with Crippen LogP contribution in [-0.2, 0) is 14.3 Å². The third kappa shape index (κ3) is 5.66. The van der Waals surface area contributed by atoms with Crippen molar-refractivity contribution in [1.82, 2.24) is 10.6 Å². The van der Waals surface area contributed by atoms with Gasteiger partial charge in [-0.3, -0.25) is 9.59 Å². The number of carboxylic acid groups (broad SMARTS) is 1. The number of hydrogen-bond donors (Lipinski definition) is 3. The molecule has 0 saturated heterocycles. The highest BCUT2D eigenvalue weighted by atomic mass is 16.5. The first-order valence-electron chi connectivity index (χ1n) is 12.6. The topological polar surface area (TPSA) is 105 Å². The van der Waals surface area contributed by atoms with Gasteiger partial charge in [0.05, 0.1) is 5.92 Å². The molecular weight excluding hydrogens is 444 g/mol. The maximum Gasteiger partial charge on any atom is 0.407 e. The number of carbonyl (C=O) groups excluding carboxylic acids is 2. The second-order valence-corrected chi connectivity index (χ2v) is 9.55. The van der Waals surface area contributed by atoms with Crippen LogP contribution in [-0.4, -0.2) is 42.3 Å². The fourth-order valence-electron chi connectivity index (χ4n) is 5.42. The molecule has 186 valence electrons. The molecule has 3 N–H and O–H groups in total. The second kappa shape index (κ2) is 11.4. The Labute approximate surface area is 206 Å². The number of amides is 2. The van der Waals surface area contributed by atoms with Gasteiger partial charge in [-0.1, -0.05) is 74.7 Å². The Hall–Kier alpha value is -3.35. The minimum absolute atomic E-state index is 0.0496. The third-order valence-corrected chi connectivity index (χ3v) is 7.31. The van der Waals surface area contributed by atoms with Crippen molar-refractivity contribution < 1.29 is 24.2 Å². The zero-order valence-corrected chi connectivity index (χ0v) is 20.2. The van der Waals surface area contributed by atoms with Gasteiger partial charge in [0.2, 0.25) is 5.91 Å². The number of ether oxygens (including phenoxy) is 1. The van der Waals surface area contributed by atoms with Crippen LogP contribution in [0.4, 0.5) is 4.79 Å². The molecular formula is C28H34N2O5. The van der Waals surface area contributed by atoms with E-state index < -0.39 is 24.0 Å². The van der Waals surface area contributed by atoms with E-state index in [-0.39, 0.29) is 24.3 Å². The molecule has 4 rings (SSSR count). The first-order valence-corrected chi connectivity index (χ1v) is 12.6. The number of unbranched alkanes of at least 4 members (excludes halogenated alkanes) is 1. The normalized spacial score (nSPS) is 19.5. The van der Waals surface area contributed by atoms with E-state index in [9.17, 15) is 19.5 Å². The fourth-order valence-corrected chi connectivity index (χ4v) is 5.42. The Kier molecular flexibility index (Phi) is 8.06. The van der Waals surface area contributed by atoms with Gasteiger partial charge in [-0.2, -0.15) is 0 Å². The number of benzene rings is 2. The van der Waals surface area contributed by atoms with Crippen LogP contribution in [0.25, 0.3) is 11.1 Å². The molecule has 7 nitrogen and oxygen atoms in total. The van der Waals surface area contributed by atoms with Gasteiger partial charge in [-0.25, -0.2) is 4.79 Å². The van der Waals surface area contributed by atoms with Gasteiger partial charge in [-0.05, 0) is 47.4 Å². The number of hydrogen-bond acceptors (Lipinski definition) is 4. The molecule has 0 spiro atoms. The van der Waals surface area contributed by atoms with E-state index in [1.54, 1.807) is 0 Å². The van der Waals surface area contributed by atoms with Crippen LogP contribution in [0.1, 0.15) is 62.5 Å². The molecule has 3 atom stereocenters. The number of rotatable bonds is 10. The summed E-state index contributed by atoms with van der Waals surface area (Å²) in [6, 6.07) is 15.6. The lowest BCUT2D eigenvalue weighted by Crippen LogP contribution is -2.48. The lowest BCUT2D eigenvalue weighted by Gasteiger charge is -2.21. The number of fused-ring (bicyclic) bond motifs is 3. The number of aliphatic carboxylic acids is 1. The van der Waals surface area contributed by atoms with Crippen molar-refractivity contribution in [1.29, 1.82) is 0 Å². The summed E-state index contributed by atoms with van der Waals surface area (Å²) in [6.07, 6.45) is 3.84. The van der Waals surface area contributed by atoms with E-state index in [0.29, 0.717) is 19.4 Å². The van der Waals surface area contributed by atoms with E-state index >= 15 is 0 Å². The molecule has 0 aliphatic heterocycles. The summed E-state index contributed by atoms with van der Waals surface area (Å²) in [6.45, 7) is 2.52. The van der Waals surface area contributed by atoms with E-state index in [1.807, 2.05) is 31.2 Å². The maximum atomic E-state index is 12.9. The molecule has 0 bridgehead atoms. The quantitative estimate of drug-likeness (QED) is 0.459. The monoisotopic (exact) mass is 478 g/mol. The summed E-state index contributed by atoms with van der Waals surface area (Å²) in [5, 5.41) is 15.0. The van der Waals surface area contributed by atoms with Gasteiger partial charge < -0.3 is 20.5 Å². The van der Waals surface area contributed by atoms with Gasteiger partial charge in [-0.15, -0.1) is 0 Å². The Morgan fingerprint density at radius 2 is 1.69 bits per heavy atom. The third-order valence-electron chi connectivity index (χ3n) is 7.31. The summed E-state index contributed by atoms with van der Waals surface area (Å²) in [5.74, 6) is -1.63. The summed E-state index contributed by atoms with van der Waals surface area (Å²) < 4.78 is 5.62. The average Bonchev–Trinajstić information content (AvgIpc) is 3.47. The van der Waals surface area contributed by atoms with Gasteiger partial charge in [0.25, 0.3) is 0 Å². The maximum absolute atomic E-state index is 12.9. The summed E-state index contributed by atoms with van der Waals surface area (Å²) in [7, 11) is 0. The highest BCUT2D eigenvalue weighted by Gasteiger charge is 2.34. The largest absolute Gasteiger partial charge is 0.481 e. The van der Waals surface area contributed by atoms with Gasteiger partial charge in [0, 0.05) is 12.5 Å². The van der Waals surface area contributed by atoms with Crippen molar-refractivity contribution >= 4 is 18.0 Å². The number of alkyl carbamates (subject to hydrolysis) is 1. The Morgan fingerprint density at radius 3 is 2.31 bits per heavy atom. The molecule has 0 heterocycles. The Balaban J connectivity index is 1.35. The van der Waals surface area contributed by atoms with Gasteiger partial charge in [0.15, 0.2) is 0 Å². The molecule has 35 heavy (non-hydrogen) atoms. The first kappa shape index (κ1) is 24.8. The minimum atomic E-state index is -0.805. The molecule has 0 unspecified atom stereocenters. The van der Waals surface area contributed by atoms with Crippen molar-refractivity contribution in [2.45, 2.75) is 57.4 Å². The smallest absolute Gasteiger partial charge is 0.407 e. The predicted molar refractivity (Wildman–Crippen MR) is 133 cm³/mol. The molecule has 2 aliphatic carbocycles. The molecule has 2 amide bonds. The first-order chi connectivity index (χ1) is 17.0. The summed E-state index contributed by atoms with van der Waals surface area (Å²) in [5.41, 5.74) is 4.57.